The Balaban J connectivity index is 1.64. The van der Waals surface area contributed by atoms with E-state index in [1.165, 1.54) is 36.4 Å². The maximum atomic E-state index is 14.8. The third-order valence-electron chi connectivity index (χ3n) is 8.11. The normalized spacial score (nSPS) is 19.3. The zero-order valence-electron chi connectivity index (χ0n) is 22.5. The fraction of sp³-hybridized carbons (Fsp3) is 0.242. The summed E-state index contributed by atoms with van der Waals surface area (Å²) in [6.45, 7) is 3.96. The Morgan fingerprint density at radius 3 is 2.37 bits per heavy atom. The molecular formula is C33H28F3NO3S. The quantitative estimate of drug-likeness (QED) is 0.241. The third-order valence-corrected chi connectivity index (χ3v) is 9.50. The average Bonchev–Trinajstić information content (AvgIpc) is 3.70. The number of aliphatic carboxylic acids is 1. The number of fused-ring (bicyclic) bond motifs is 1. The molecule has 0 aliphatic heterocycles. The Bertz CT molecular complexity index is 1770. The van der Waals surface area contributed by atoms with Crippen LogP contribution in [0.4, 0.5) is 13.2 Å². The number of carboxylic acids is 1. The molecule has 2 aliphatic carbocycles. The third kappa shape index (κ3) is 4.84. The lowest BCUT2D eigenvalue weighted by atomic mass is 9.88. The van der Waals surface area contributed by atoms with Gasteiger partial charge in [0.25, 0.3) is 6.43 Å². The van der Waals surface area contributed by atoms with Gasteiger partial charge in [-0.1, -0.05) is 48.1 Å². The fourth-order valence-electron chi connectivity index (χ4n) is 6.03. The van der Waals surface area contributed by atoms with Crippen LogP contribution in [0.25, 0.3) is 27.6 Å². The summed E-state index contributed by atoms with van der Waals surface area (Å²) in [5.41, 5.74) is 6.41. The van der Waals surface area contributed by atoms with E-state index in [4.69, 9.17) is 0 Å². The summed E-state index contributed by atoms with van der Waals surface area (Å²) in [5, 5.41) is 10.1. The van der Waals surface area contributed by atoms with Crippen LogP contribution in [0.1, 0.15) is 48.1 Å². The SMILES string of the molecule is Cc1cccc(C)c1-c1c(C2=CCCC(C3CC3C(=O)O)=C2)n(S(=O)c2ccc(C(F)F)cc2)c2ccc(F)cc12. The second-order valence-corrected chi connectivity index (χ2v) is 12.1. The van der Waals surface area contributed by atoms with Crippen LogP contribution in [0.2, 0.25) is 0 Å². The number of benzene rings is 3. The van der Waals surface area contributed by atoms with Crippen LogP contribution in [-0.2, 0) is 15.8 Å². The summed E-state index contributed by atoms with van der Waals surface area (Å²) in [4.78, 5) is 12.0. The van der Waals surface area contributed by atoms with Gasteiger partial charge in [-0.05, 0) is 91.6 Å². The summed E-state index contributed by atoms with van der Waals surface area (Å²) < 4.78 is 57.3. The summed E-state index contributed by atoms with van der Waals surface area (Å²) in [6, 6.07) is 15.7. The molecule has 2 aliphatic rings. The standard InChI is InChI=1S/C33H28F3NO3S/c1-18-5-3-6-19(2)29(18)30-27-16-23(34)11-14-28(27)37(41(40)24-12-9-20(10-13-24)32(35)36)31(30)22-8-4-7-21(15-22)25-17-26(25)33(38)39/h3,5-6,8-16,25-26,32H,4,7,17H2,1-2H3,(H,38,39). The van der Waals surface area contributed by atoms with Crippen molar-refractivity contribution in [2.75, 3.05) is 0 Å². The van der Waals surface area contributed by atoms with Gasteiger partial charge in [0.15, 0.2) is 11.0 Å². The molecule has 41 heavy (non-hydrogen) atoms. The predicted octanol–water partition coefficient (Wildman–Crippen LogP) is 8.40. The molecule has 1 N–H and O–H groups in total. The van der Waals surface area contributed by atoms with E-state index in [9.17, 15) is 27.3 Å². The van der Waals surface area contributed by atoms with Gasteiger partial charge in [0.2, 0.25) is 0 Å². The molecule has 1 saturated carbocycles. The summed E-state index contributed by atoms with van der Waals surface area (Å²) in [6.07, 6.45) is 3.43. The summed E-state index contributed by atoms with van der Waals surface area (Å²) in [5.74, 6) is -1.68. The minimum atomic E-state index is -2.65. The molecule has 0 bridgehead atoms. The first kappa shape index (κ1) is 27.3. The number of aromatic nitrogens is 1. The Morgan fingerprint density at radius 2 is 1.73 bits per heavy atom. The zero-order valence-corrected chi connectivity index (χ0v) is 23.4. The second kappa shape index (κ2) is 10.5. The lowest BCUT2D eigenvalue weighted by Crippen LogP contribution is -2.10. The van der Waals surface area contributed by atoms with Crippen LogP contribution >= 0.6 is 0 Å². The van der Waals surface area contributed by atoms with Crippen molar-refractivity contribution >= 4 is 33.4 Å². The van der Waals surface area contributed by atoms with E-state index in [-0.39, 0.29) is 11.5 Å². The van der Waals surface area contributed by atoms with Crippen molar-refractivity contribution in [3.8, 4) is 11.1 Å². The van der Waals surface area contributed by atoms with Gasteiger partial charge in [-0.2, -0.15) is 0 Å². The van der Waals surface area contributed by atoms with Crippen LogP contribution in [0.15, 0.2) is 83.3 Å². The molecule has 1 heterocycles. The predicted molar refractivity (Wildman–Crippen MR) is 155 cm³/mol. The van der Waals surface area contributed by atoms with Crippen molar-refractivity contribution in [1.29, 1.82) is 0 Å². The number of hydrogen-bond acceptors (Lipinski definition) is 2. The monoisotopic (exact) mass is 575 g/mol. The molecule has 4 nitrogen and oxygen atoms in total. The van der Waals surface area contributed by atoms with Gasteiger partial charge < -0.3 is 5.11 Å². The zero-order chi connectivity index (χ0) is 29.0. The number of carbonyl (C=O) groups is 1. The van der Waals surface area contributed by atoms with Crippen molar-refractivity contribution in [3.63, 3.8) is 0 Å². The summed E-state index contributed by atoms with van der Waals surface area (Å²) >= 11 is 0. The molecule has 0 amide bonds. The fourth-order valence-corrected chi connectivity index (χ4v) is 7.31. The molecule has 6 rings (SSSR count). The number of carboxylic acid groups (broad SMARTS) is 1. The molecular weight excluding hydrogens is 547 g/mol. The van der Waals surface area contributed by atoms with Gasteiger partial charge >= 0.3 is 5.97 Å². The lowest BCUT2D eigenvalue weighted by Gasteiger charge is -2.19. The topological polar surface area (TPSA) is 59.3 Å². The molecule has 3 unspecified atom stereocenters. The molecule has 3 atom stereocenters. The Hall–Kier alpha value is -3.91. The highest BCUT2D eigenvalue weighted by molar-refractivity contribution is 7.83. The molecule has 0 radical (unpaired) electrons. The van der Waals surface area contributed by atoms with Gasteiger partial charge in [-0.3, -0.25) is 8.77 Å². The highest BCUT2D eigenvalue weighted by Crippen LogP contribution is 2.50. The molecule has 0 spiro atoms. The average molecular weight is 576 g/mol. The molecule has 1 fully saturated rings. The van der Waals surface area contributed by atoms with Gasteiger partial charge in [-0.25, -0.2) is 17.4 Å². The van der Waals surface area contributed by atoms with E-state index < -0.39 is 35.1 Å². The number of allylic oxidation sites excluding steroid dienone is 4. The number of halogens is 3. The van der Waals surface area contributed by atoms with Crippen molar-refractivity contribution < 1.29 is 27.3 Å². The minimum Gasteiger partial charge on any atom is -0.481 e. The van der Waals surface area contributed by atoms with E-state index in [1.54, 1.807) is 10.0 Å². The largest absolute Gasteiger partial charge is 0.481 e. The Labute approximate surface area is 238 Å². The van der Waals surface area contributed by atoms with E-state index in [0.717, 1.165) is 39.8 Å². The van der Waals surface area contributed by atoms with Crippen LogP contribution in [0, 0.1) is 31.5 Å². The highest BCUT2D eigenvalue weighted by Gasteiger charge is 2.45. The highest BCUT2D eigenvalue weighted by atomic mass is 32.2. The van der Waals surface area contributed by atoms with E-state index in [0.29, 0.717) is 34.3 Å². The van der Waals surface area contributed by atoms with Crippen LogP contribution in [0.5, 0.6) is 0 Å². The van der Waals surface area contributed by atoms with E-state index in [2.05, 4.69) is 6.08 Å². The smallest absolute Gasteiger partial charge is 0.307 e. The van der Waals surface area contributed by atoms with Crippen molar-refractivity contribution in [2.45, 2.75) is 44.4 Å². The molecule has 8 heteroatoms. The van der Waals surface area contributed by atoms with Gasteiger partial charge in [-0.15, -0.1) is 0 Å². The Kier molecular flexibility index (Phi) is 6.98. The summed E-state index contributed by atoms with van der Waals surface area (Å²) in [7, 11) is -1.86. The molecule has 210 valence electrons. The van der Waals surface area contributed by atoms with Gasteiger partial charge in [0, 0.05) is 16.5 Å². The van der Waals surface area contributed by atoms with Crippen molar-refractivity contribution in [3.05, 3.63) is 107 Å². The van der Waals surface area contributed by atoms with Crippen LogP contribution < -0.4 is 0 Å². The molecule has 1 aromatic heterocycles. The van der Waals surface area contributed by atoms with Crippen LogP contribution in [0.3, 0.4) is 0 Å². The minimum absolute atomic E-state index is 0.0393. The molecule has 4 aromatic rings. The first-order valence-electron chi connectivity index (χ1n) is 13.5. The first-order chi connectivity index (χ1) is 19.7. The second-order valence-electron chi connectivity index (χ2n) is 10.8. The maximum Gasteiger partial charge on any atom is 0.307 e. The first-order valence-corrected chi connectivity index (χ1v) is 14.6. The number of nitrogens with zero attached hydrogens (tertiary/aromatic N) is 1. The Morgan fingerprint density at radius 1 is 1.02 bits per heavy atom. The van der Waals surface area contributed by atoms with Crippen LogP contribution in [-0.4, -0.2) is 19.3 Å². The van der Waals surface area contributed by atoms with E-state index in [1.807, 2.05) is 38.1 Å². The van der Waals surface area contributed by atoms with Crippen molar-refractivity contribution in [2.24, 2.45) is 11.8 Å². The van der Waals surface area contributed by atoms with Gasteiger partial charge in [0.05, 0.1) is 22.0 Å². The lowest BCUT2D eigenvalue weighted by molar-refractivity contribution is -0.138. The van der Waals surface area contributed by atoms with Gasteiger partial charge in [0.1, 0.15) is 5.82 Å². The number of rotatable bonds is 7. The van der Waals surface area contributed by atoms with Crippen molar-refractivity contribution in [1.82, 2.24) is 3.97 Å². The number of hydrogen-bond donors (Lipinski definition) is 1. The maximum absolute atomic E-state index is 14.8. The molecule has 0 saturated heterocycles. The van der Waals surface area contributed by atoms with E-state index >= 15 is 0 Å². The number of alkyl halides is 2. The number of aryl methyl sites for hydroxylation is 2. The molecule has 3 aromatic carbocycles.